The zero-order valence-electron chi connectivity index (χ0n) is 12.3. The molecule has 0 heterocycles. The highest BCUT2D eigenvalue weighted by Gasteiger charge is 2.68. The van der Waals surface area contributed by atoms with E-state index in [1.54, 1.807) is 0 Å². The maximum atomic E-state index is 13.2. The fourth-order valence-corrected chi connectivity index (χ4v) is 1.22. The van der Waals surface area contributed by atoms with E-state index in [0.717, 1.165) is 6.92 Å². The predicted molar refractivity (Wildman–Crippen MR) is 66.6 cm³/mol. The highest BCUT2D eigenvalue weighted by molar-refractivity contribution is 7.86. The molecule has 0 saturated carbocycles. The van der Waals surface area contributed by atoms with Gasteiger partial charge < -0.3 is 18.8 Å². The van der Waals surface area contributed by atoms with Crippen LogP contribution in [0.1, 0.15) is 6.92 Å². The van der Waals surface area contributed by atoms with Crippen LogP contribution in [0.15, 0.2) is 25.0 Å². The molecule has 25 heavy (non-hydrogen) atoms. The summed E-state index contributed by atoms with van der Waals surface area (Å²) >= 11 is 0. The summed E-state index contributed by atoms with van der Waals surface area (Å²) in [5.74, 6) is -9.29. The first-order valence-electron chi connectivity index (χ1n) is 5.76. The zero-order valence-corrected chi connectivity index (χ0v) is 13.1. The highest BCUT2D eigenvalue weighted by atomic mass is 32.2. The molecular weight excluding hydrogens is 387 g/mol. The summed E-state index contributed by atoms with van der Waals surface area (Å²) in [6.07, 6.45) is -5.88. The molecule has 0 saturated heterocycles. The topological polar surface area (TPSA) is 119 Å². The molecule has 0 aromatic rings. The van der Waals surface area contributed by atoms with Gasteiger partial charge in [-0.25, -0.2) is 18.0 Å². The molecule has 0 radical (unpaired) electrons. The molecule has 0 fully saturated rings. The van der Waals surface area contributed by atoms with Crippen molar-refractivity contribution in [3.63, 3.8) is 0 Å². The Bertz CT molecular complexity index is 668. The van der Waals surface area contributed by atoms with Crippen molar-refractivity contribution in [3.05, 3.63) is 25.0 Å². The van der Waals surface area contributed by atoms with E-state index < -0.39 is 51.5 Å². The molecule has 8 nitrogen and oxygen atoms in total. The number of esters is 2. The van der Waals surface area contributed by atoms with Crippen LogP contribution in [-0.4, -0.2) is 48.7 Å². The van der Waals surface area contributed by atoms with E-state index in [1.807, 2.05) is 0 Å². The van der Waals surface area contributed by atoms with Crippen LogP contribution in [0.3, 0.4) is 0 Å². The van der Waals surface area contributed by atoms with Crippen molar-refractivity contribution in [3.8, 4) is 0 Å². The van der Waals surface area contributed by atoms with Gasteiger partial charge in [0.05, 0.1) is 6.26 Å². The normalized spacial score (nSPS) is 15.0. The number of carbonyl (C=O) groups is 2. The van der Waals surface area contributed by atoms with Crippen LogP contribution in [0, 0.1) is 0 Å². The quantitative estimate of drug-likeness (QED) is 0.150. The van der Waals surface area contributed by atoms with Gasteiger partial charge in [-0.15, -0.1) is 0 Å². The zero-order chi connectivity index (χ0) is 20.3. The first kappa shape index (κ1) is 22.9. The molecule has 144 valence electrons. The fraction of sp³-hybridized carbons (Fsp3) is 0.455. The summed E-state index contributed by atoms with van der Waals surface area (Å²) in [4.78, 5) is 22.9. The molecule has 14 heteroatoms. The molecule has 0 aliphatic rings. The van der Waals surface area contributed by atoms with Gasteiger partial charge in [0.15, 0.2) is 10.1 Å². The molecule has 1 unspecified atom stereocenters. The second-order valence-electron chi connectivity index (χ2n) is 4.24. The minimum Gasteiger partial charge on any atom is -0.743 e. The van der Waals surface area contributed by atoms with Gasteiger partial charge in [0.25, 0.3) is 0 Å². The van der Waals surface area contributed by atoms with E-state index >= 15 is 0 Å². The Kier molecular flexibility index (Phi) is 6.83. The van der Waals surface area contributed by atoms with Crippen molar-refractivity contribution >= 4 is 22.1 Å². The highest BCUT2D eigenvalue weighted by Crippen LogP contribution is 2.38. The molecule has 0 aromatic heterocycles. The van der Waals surface area contributed by atoms with Crippen LogP contribution in [0.25, 0.3) is 0 Å². The van der Waals surface area contributed by atoms with E-state index in [2.05, 4.69) is 27.4 Å². The summed E-state index contributed by atoms with van der Waals surface area (Å²) in [6.45, 7) is 3.73. The Labute approximate surface area is 137 Å². The number of hydrogen-bond acceptors (Lipinski definition) is 8. The lowest BCUT2D eigenvalue weighted by molar-refractivity contribution is -0.358. The minimum atomic E-state index is -6.46. The van der Waals surface area contributed by atoms with Crippen molar-refractivity contribution in [2.45, 2.75) is 24.1 Å². The lowest BCUT2D eigenvalue weighted by Crippen LogP contribution is -2.59. The molecule has 0 rings (SSSR count). The Morgan fingerprint density at radius 3 is 2.00 bits per heavy atom. The molecule has 0 aromatic carbocycles. The van der Waals surface area contributed by atoms with Crippen LogP contribution in [0.2, 0.25) is 0 Å². The third-order valence-corrected chi connectivity index (χ3v) is 3.08. The summed E-state index contributed by atoms with van der Waals surface area (Å²) in [5.41, 5.74) is -0.702. The number of halogens is 5. The van der Waals surface area contributed by atoms with Crippen molar-refractivity contribution in [2.24, 2.45) is 0 Å². The van der Waals surface area contributed by atoms with E-state index in [1.165, 1.54) is 0 Å². The van der Waals surface area contributed by atoms with Gasteiger partial charge in [0, 0.05) is 5.57 Å². The van der Waals surface area contributed by atoms with Gasteiger partial charge in [-0.2, -0.15) is 22.0 Å². The molecule has 0 spiro atoms. The second-order valence-corrected chi connectivity index (χ2v) is 5.74. The van der Waals surface area contributed by atoms with Gasteiger partial charge in [0.1, 0.15) is 6.61 Å². The second kappa shape index (κ2) is 7.45. The van der Waals surface area contributed by atoms with E-state index in [4.69, 9.17) is 0 Å². The van der Waals surface area contributed by atoms with E-state index in [9.17, 15) is 44.5 Å². The molecule has 0 amide bonds. The Hall–Kier alpha value is -2.06. The molecule has 0 bridgehead atoms. The largest absolute Gasteiger partial charge is 0.743 e. The van der Waals surface area contributed by atoms with Crippen LogP contribution >= 0.6 is 0 Å². The predicted octanol–water partition coefficient (Wildman–Crippen LogP) is 1.21. The first-order valence-corrected chi connectivity index (χ1v) is 7.17. The van der Waals surface area contributed by atoms with Crippen molar-refractivity contribution in [1.82, 2.24) is 0 Å². The van der Waals surface area contributed by atoms with Crippen molar-refractivity contribution in [2.75, 3.05) is 6.61 Å². The average Bonchev–Trinajstić information content (AvgIpc) is 2.40. The maximum Gasteiger partial charge on any atom is 0.468 e. The number of carbonyl (C=O) groups excluding carboxylic acids is 2. The SMILES string of the molecule is C=COC(=O)C(OCC(F)(F)S(=O)(=O)[O-])(OC(=O)C(=C)C)C(F)(F)F. The third kappa shape index (κ3) is 5.20. The molecule has 0 aliphatic heterocycles. The van der Waals surface area contributed by atoms with Crippen molar-refractivity contribution in [1.29, 1.82) is 0 Å². The standard InChI is InChI=1S/C11H11F5O8S/c1-4-22-8(18)10(11(14,15)16,24-7(17)6(2)3)23-5-9(12,13)25(19,20)21/h4H,1-2,5H2,3H3,(H,19,20,21)/p-1. The lowest BCUT2D eigenvalue weighted by atomic mass is 10.2. The van der Waals surface area contributed by atoms with E-state index in [-0.39, 0.29) is 6.26 Å². The average molecular weight is 397 g/mol. The van der Waals surface area contributed by atoms with E-state index in [0.29, 0.717) is 0 Å². The fourth-order valence-electron chi connectivity index (χ4n) is 1.01. The van der Waals surface area contributed by atoms with Crippen LogP contribution in [0.5, 0.6) is 0 Å². The van der Waals surface area contributed by atoms with Gasteiger partial charge in [-0.05, 0) is 6.92 Å². The smallest absolute Gasteiger partial charge is 0.468 e. The monoisotopic (exact) mass is 397 g/mol. The van der Waals surface area contributed by atoms with Gasteiger partial charge >= 0.3 is 29.2 Å². The summed E-state index contributed by atoms with van der Waals surface area (Å²) in [6, 6.07) is 0. The molecule has 0 N–H and O–H groups in total. The number of rotatable bonds is 8. The van der Waals surface area contributed by atoms with Crippen LogP contribution in [0.4, 0.5) is 22.0 Å². The summed E-state index contributed by atoms with van der Waals surface area (Å²) < 4.78 is 108. The van der Waals surface area contributed by atoms with Gasteiger partial charge in [-0.1, -0.05) is 13.2 Å². The minimum absolute atomic E-state index is 0.128. The van der Waals surface area contributed by atoms with Crippen LogP contribution < -0.4 is 0 Å². The maximum absolute atomic E-state index is 13.2. The summed E-state index contributed by atoms with van der Waals surface area (Å²) in [5, 5.41) is -5.38. The number of ether oxygens (including phenoxy) is 3. The lowest BCUT2D eigenvalue weighted by Gasteiger charge is -2.33. The first-order chi connectivity index (χ1) is 11.0. The van der Waals surface area contributed by atoms with Crippen LogP contribution in [-0.2, 0) is 33.9 Å². The number of alkyl halides is 5. The summed E-state index contributed by atoms with van der Waals surface area (Å²) in [7, 11) is -6.46. The third-order valence-electron chi connectivity index (χ3n) is 2.23. The Balaban J connectivity index is 6.10. The molecular formula is C11H10F5O8S-. The Morgan fingerprint density at radius 2 is 1.68 bits per heavy atom. The van der Waals surface area contributed by atoms with Gasteiger partial charge in [0.2, 0.25) is 0 Å². The molecule has 0 aliphatic carbocycles. The van der Waals surface area contributed by atoms with Gasteiger partial charge in [-0.3, -0.25) is 0 Å². The van der Waals surface area contributed by atoms with Crippen molar-refractivity contribution < 1.29 is 58.7 Å². The Morgan fingerprint density at radius 1 is 1.20 bits per heavy atom. The number of hydrogen-bond donors (Lipinski definition) is 0. The molecule has 1 atom stereocenters.